The average molecular weight is 789 g/mol. The number of benzene rings is 2. The summed E-state index contributed by atoms with van der Waals surface area (Å²) >= 11 is 0. The third-order valence-electron chi connectivity index (χ3n) is 11.8. The van der Waals surface area contributed by atoms with Crippen LogP contribution in [0.15, 0.2) is 79.4 Å². The number of hydrogen-bond acceptors (Lipinski definition) is 1. The Morgan fingerprint density at radius 3 is 1.96 bits per heavy atom. The Kier molecular flexibility index (Phi) is 30.7. The van der Waals surface area contributed by atoms with Gasteiger partial charge in [-0.05, 0) is 157 Å². The molecule has 4 rings (SSSR count). The Bertz CT molecular complexity index is 1400. The van der Waals surface area contributed by atoms with E-state index in [1.807, 2.05) is 41.5 Å². The summed E-state index contributed by atoms with van der Waals surface area (Å²) in [6, 6.07) is 14.9. The number of alkyl halides is 1. The summed E-state index contributed by atoms with van der Waals surface area (Å²) in [4.78, 5) is 0. The lowest BCUT2D eigenvalue weighted by molar-refractivity contribution is 0.0945. The highest BCUT2D eigenvalue weighted by Gasteiger charge is 2.35. The summed E-state index contributed by atoms with van der Waals surface area (Å²) < 4.78 is 17.3. The first kappa shape index (κ1) is 56.2. The lowest BCUT2D eigenvalue weighted by Crippen LogP contribution is -2.31. The number of rotatable bonds is 11. The van der Waals surface area contributed by atoms with Gasteiger partial charge in [0.25, 0.3) is 0 Å². The SMILES string of the molecule is C=C(C)c1cccc(C)c1.C=CC.CC.CC.CC(C)F.CCC=C(CC)C1(C)CCC(C(C)/C=C/c2cccc(OCCC3CCC(C)C(C)(C)C3)c2C)CC1. The average Bonchev–Trinajstić information content (AvgIpc) is 3.17. The zero-order valence-electron chi connectivity index (χ0n) is 40.7. The van der Waals surface area contributed by atoms with Crippen LogP contribution < -0.4 is 4.74 Å². The molecule has 2 saturated carbocycles. The van der Waals surface area contributed by atoms with E-state index >= 15 is 0 Å². The van der Waals surface area contributed by atoms with E-state index in [9.17, 15) is 4.39 Å². The highest BCUT2D eigenvalue weighted by atomic mass is 19.1. The van der Waals surface area contributed by atoms with E-state index in [1.165, 1.54) is 100 Å². The molecule has 0 N–H and O–H groups in total. The Balaban J connectivity index is 0. The van der Waals surface area contributed by atoms with Gasteiger partial charge in [-0.25, -0.2) is 4.39 Å². The molecule has 0 saturated heterocycles. The minimum atomic E-state index is -0.667. The van der Waals surface area contributed by atoms with Crippen LogP contribution in [-0.4, -0.2) is 12.8 Å². The van der Waals surface area contributed by atoms with Crippen LogP contribution in [0, 0.1) is 48.3 Å². The van der Waals surface area contributed by atoms with Gasteiger partial charge in [-0.15, -0.1) is 6.58 Å². The van der Waals surface area contributed by atoms with E-state index in [0.29, 0.717) is 16.7 Å². The molecule has 326 valence electrons. The van der Waals surface area contributed by atoms with Gasteiger partial charge >= 0.3 is 0 Å². The van der Waals surface area contributed by atoms with Crippen LogP contribution in [-0.2, 0) is 0 Å². The summed E-state index contributed by atoms with van der Waals surface area (Å²) in [6.45, 7) is 44.2. The van der Waals surface area contributed by atoms with Crippen molar-refractivity contribution in [2.45, 2.75) is 188 Å². The number of halogens is 1. The molecule has 0 bridgehead atoms. The van der Waals surface area contributed by atoms with Gasteiger partial charge in [0.05, 0.1) is 12.8 Å². The molecule has 2 aromatic carbocycles. The molecule has 0 aliphatic heterocycles. The second-order valence-corrected chi connectivity index (χ2v) is 17.3. The standard InChI is InChI=1S/C35H56O.C10H12.C3H7F.C3H6.2C2H6/c1-9-12-32(10-2)35(8)22-19-30(20-23-35)26(3)15-18-31-13-11-14-33(28(31)5)36-24-21-29-17-16-27(4)34(6,7)25-29;1-8(2)10-6-4-5-9(3)7-10;1-3(2)4;1-3-2;2*1-2/h11-15,18,26-27,29-30H,9-10,16-17,19-25H2,1-8H3;4-7H,1H2,2-3H3;3H,1-2H3;3H,1H2,2H3;2*1-2H3/b18-15+,32-12?;;;;;. The predicted molar refractivity (Wildman–Crippen MR) is 259 cm³/mol. The van der Waals surface area contributed by atoms with Crippen LogP contribution in [0.4, 0.5) is 4.39 Å². The van der Waals surface area contributed by atoms with Gasteiger partial charge in [0.1, 0.15) is 5.75 Å². The van der Waals surface area contributed by atoms with E-state index in [1.54, 1.807) is 11.6 Å². The molecule has 2 heteroatoms. The van der Waals surface area contributed by atoms with Crippen molar-refractivity contribution in [3.63, 3.8) is 0 Å². The second-order valence-electron chi connectivity index (χ2n) is 17.3. The van der Waals surface area contributed by atoms with Crippen molar-refractivity contribution in [1.29, 1.82) is 0 Å². The molecular formula is C55H93FO. The molecule has 2 fully saturated rings. The first-order valence-electron chi connectivity index (χ1n) is 23.0. The zero-order chi connectivity index (χ0) is 44.2. The second kappa shape index (κ2) is 31.1. The lowest BCUT2D eigenvalue weighted by Gasteiger charge is -2.41. The molecule has 0 spiro atoms. The molecule has 3 unspecified atom stereocenters. The normalized spacial score (nSPS) is 21.6. The van der Waals surface area contributed by atoms with Crippen LogP contribution in [0.25, 0.3) is 11.6 Å². The Morgan fingerprint density at radius 1 is 0.930 bits per heavy atom. The van der Waals surface area contributed by atoms with Crippen LogP contribution in [0.1, 0.15) is 190 Å². The quantitative estimate of drug-likeness (QED) is 0.206. The summed E-state index contributed by atoms with van der Waals surface area (Å²) in [5.74, 6) is 4.14. The van der Waals surface area contributed by atoms with Crippen molar-refractivity contribution in [3.8, 4) is 5.75 Å². The van der Waals surface area contributed by atoms with Gasteiger partial charge in [0.15, 0.2) is 0 Å². The van der Waals surface area contributed by atoms with E-state index in [0.717, 1.165) is 35.7 Å². The largest absolute Gasteiger partial charge is 0.493 e. The molecule has 2 aromatic rings. The van der Waals surface area contributed by atoms with Gasteiger partial charge in [-0.3, -0.25) is 0 Å². The monoisotopic (exact) mass is 789 g/mol. The van der Waals surface area contributed by atoms with Crippen LogP contribution in [0.3, 0.4) is 0 Å². The van der Waals surface area contributed by atoms with E-state index in [2.05, 4.69) is 136 Å². The zero-order valence-corrected chi connectivity index (χ0v) is 40.7. The molecule has 57 heavy (non-hydrogen) atoms. The lowest BCUT2D eigenvalue weighted by atomic mass is 9.64. The maximum absolute atomic E-state index is 11.0. The van der Waals surface area contributed by atoms with Crippen LogP contribution >= 0.6 is 0 Å². The number of aryl methyl sites for hydroxylation is 1. The van der Waals surface area contributed by atoms with Crippen LogP contribution in [0.2, 0.25) is 0 Å². The maximum atomic E-state index is 11.0. The highest BCUT2D eigenvalue weighted by molar-refractivity contribution is 5.61. The van der Waals surface area contributed by atoms with Gasteiger partial charge in [0, 0.05) is 0 Å². The molecule has 0 radical (unpaired) electrons. The fourth-order valence-electron chi connectivity index (χ4n) is 7.99. The first-order valence-corrected chi connectivity index (χ1v) is 23.0. The first-order chi connectivity index (χ1) is 26.9. The molecule has 0 aromatic heterocycles. The Labute approximate surface area is 356 Å². The van der Waals surface area contributed by atoms with Crippen molar-refractivity contribution < 1.29 is 9.13 Å². The fourth-order valence-corrected chi connectivity index (χ4v) is 7.99. The topological polar surface area (TPSA) is 9.23 Å². The van der Waals surface area contributed by atoms with E-state index < -0.39 is 6.17 Å². The molecule has 1 nitrogen and oxygen atoms in total. The van der Waals surface area contributed by atoms with E-state index in [4.69, 9.17) is 4.74 Å². The molecule has 0 heterocycles. The Morgan fingerprint density at radius 2 is 1.49 bits per heavy atom. The van der Waals surface area contributed by atoms with Crippen LogP contribution in [0.5, 0.6) is 5.75 Å². The molecule has 2 aliphatic rings. The maximum Gasteiger partial charge on any atom is 0.122 e. The van der Waals surface area contributed by atoms with Crippen molar-refractivity contribution in [2.24, 2.45) is 34.5 Å². The van der Waals surface area contributed by atoms with Gasteiger partial charge in [0.2, 0.25) is 0 Å². The minimum Gasteiger partial charge on any atom is -0.493 e. The van der Waals surface area contributed by atoms with Crippen molar-refractivity contribution >= 4 is 11.6 Å². The molecule has 0 amide bonds. The van der Waals surface area contributed by atoms with Crippen molar-refractivity contribution in [3.05, 3.63) is 102 Å². The minimum absolute atomic E-state index is 0.429. The van der Waals surface area contributed by atoms with Crippen molar-refractivity contribution in [1.82, 2.24) is 0 Å². The summed E-state index contributed by atoms with van der Waals surface area (Å²) in [7, 11) is 0. The molecule has 2 aliphatic carbocycles. The third-order valence-corrected chi connectivity index (χ3v) is 11.8. The van der Waals surface area contributed by atoms with Gasteiger partial charge < -0.3 is 4.74 Å². The number of ether oxygens (including phenoxy) is 1. The summed E-state index contributed by atoms with van der Waals surface area (Å²) in [6.07, 6.45) is 21.4. The summed E-state index contributed by atoms with van der Waals surface area (Å²) in [5, 5.41) is 0. The van der Waals surface area contributed by atoms with Crippen molar-refractivity contribution in [2.75, 3.05) is 6.61 Å². The molecule has 3 atom stereocenters. The third kappa shape index (κ3) is 22.2. The van der Waals surface area contributed by atoms with Gasteiger partial charge in [-0.1, -0.05) is 167 Å². The predicted octanol–water partition coefficient (Wildman–Crippen LogP) is 18.5. The number of allylic oxidation sites excluding steroid dienone is 5. The Hall–Kier alpha value is -2.87. The summed E-state index contributed by atoms with van der Waals surface area (Å²) in [5.41, 5.74) is 8.85. The fraction of sp³-hybridized carbons (Fsp3) is 0.636. The van der Waals surface area contributed by atoms with Gasteiger partial charge in [-0.2, -0.15) is 0 Å². The smallest absolute Gasteiger partial charge is 0.122 e. The molecular weight excluding hydrogens is 696 g/mol. The number of hydrogen-bond donors (Lipinski definition) is 0. The van der Waals surface area contributed by atoms with E-state index in [-0.39, 0.29) is 0 Å². The highest BCUT2D eigenvalue weighted by Crippen LogP contribution is 2.47.